The lowest BCUT2D eigenvalue weighted by Crippen LogP contribution is -2.37. The smallest absolute Gasteiger partial charge is 0.329 e. The molecular formula is C40H46N10O4. The number of hydrogen-bond donors (Lipinski definition) is 2. The molecule has 3 fully saturated rings. The Balaban J connectivity index is 0.916. The zero-order valence-electron chi connectivity index (χ0n) is 31.2. The fraction of sp³-hybridized carbons (Fsp3) is 0.475. The van der Waals surface area contributed by atoms with E-state index in [0.717, 1.165) is 68.1 Å². The Kier molecular flexibility index (Phi) is 9.43. The monoisotopic (exact) mass is 730 g/mol. The van der Waals surface area contributed by atoms with Crippen LogP contribution in [0.25, 0.3) is 22.1 Å². The van der Waals surface area contributed by atoms with Crippen LogP contribution in [0.2, 0.25) is 0 Å². The number of benzene rings is 1. The van der Waals surface area contributed by atoms with Gasteiger partial charge in [0, 0.05) is 83.5 Å². The maximum absolute atomic E-state index is 13.4. The molecule has 2 aliphatic carbocycles. The number of aliphatic imine (C=N–C) groups is 1. The number of rotatable bonds is 10. The number of nitrogens with zero attached hydrogens (tertiary/aromatic N) is 8. The molecule has 14 heteroatoms. The number of aromatic nitrogens is 5. The van der Waals surface area contributed by atoms with Crippen molar-refractivity contribution in [3.63, 3.8) is 0 Å². The van der Waals surface area contributed by atoms with Crippen LogP contribution in [0.4, 0.5) is 5.95 Å². The van der Waals surface area contributed by atoms with Gasteiger partial charge in [0.2, 0.25) is 11.9 Å². The molecule has 1 aromatic carbocycles. The molecule has 2 N–H and O–H groups in total. The summed E-state index contributed by atoms with van der Waals surface area (Å²) >= 11 is 0. The SMILES string of the molecule is CNC(=O)C(CCC=O)n1c(=O)n(C)c2c(C#CC3C4CN(C5C=NC(Nc6ncc7cc(C(=O)N(C)C)n(C8CCCC8)c7n6)=CC5)CC34)cccc21. The third-order valence-corrected chi connectivity index (χ3v) is 11.7. The molecule has 4 unspecified atom stereocenters. The first-order chi connectivity index (χ1) is 26.2. The number of fused-ring (bicyclic) bond motifs is 3. The van der Waals surface area contributed by atoms with E-state index in [-0.39, 0.29) is 42.4 Å². The van der Waals surface area contributed by atoms with E-state index >= 15 is 0 Å². The van der Waals surface area contributed by atoms with Crippen LogP contribution in [0, 0.1) is 29.6 Å². The first-order valence-electron chi connectivity index (χ1n) is 18.9. The predicted octanol–water partition coefficient (Wildman–Crippen LogP) is 3.49. The molecule has 5 heterocycles. The van der Waals surface area contributed by atoms with Gasteiger partial charge in [-0.1, -0.05) is 30.7 Å². The highest BCUT2D eigenvalue weighted by Crippen LogP contribution is 2.52. The van der Waals surface area contributed by atoms with Gasteiger partial charge in [0.15, 0.2) is 0 Å². The van der Waals surface area contributed by atoms with Gasteiger partial charge in [0.1, 0.15) is 29.5 Å². The molecule has 4 aromatic rings. The highest BCUT2D eigenvalue weighted by atomic mass is 16.2. The number of imidazole rings is 1. The van der Waals surface area contributed by atoms with Crippen molar-refractivity contribution < 1.29 is 14.4 Å². The number of piperidine rings is 1. The zero-order valence-corrected chi connectivity index (χ0v) is 31.2. The van der Waals surface area contributed by atoms with Crippen molar-refractivity contribution in [3.05, 3.63) is 64.1 Å². The summed E-state index contributed by atoms with van der Waals surface area (Å²) in [6, 6.07) is 7.18. The molecule has 2 saturated carbocycles. The third kappa shape index (κ3) is 6.30. The van der Waals surface area contributed by atoms with E-state index in [2.05, 4.69) is 43.0 Å². The topological polar surface area (TPSA) is 152 Å². The van der Waals surface area contributed by atoms with Crippen molar-refractivity contribution in [3.8, 4) is 11.8 Å². The Hall–Kier alpha value is -5.55. The summed E-state index contributed by atoms with van der Waals surface area (Å²) < 4.78 is 5.15. The fourth-order valence-electron chi connectivity index (χ4n) is 8.76. The largest absolute Gasteiger partial charge is 0.357 e. The average molecular weight is 731 g/mol. The number of para-hydroxylation sites is 1. The van der Waals surface area contributed by atoms with Crippen LogP contribution in [-0.4, -0.2) is 98.1 Å². The predicted molar refractivity (Wildman–Crippen MR) is 206 cm³/mol. The van der Waals surface area contributed by atoms with Gasteiger partial charge >= 0.3 is 5.69 Å². The number of likely N-dealkylation sites (tertiary alicyclic amines) is 1. The van der Waals surface area contributed by atoms with Gasteiger partial charge in [-0.15, -0.1) is 0 Å². The number of carbonyl (C=O) groups excluding carboxylic acids is 3. The van der Waals surface area contributed by atoms with E-state index in [4.69, 9.17) is 9.98 Å². The lowest BCUT2D eigenvalue weighted by atomic mass is 10.1. The molecule has 8 rings (SSSR count). The Morgan fingerprint density at radius 2 is 1.93 bits per heavy atom. The number of nitrogens with one attached hydrogen (secondary N) is 2. The molecule has 2 amide bonds. The van der Waals surface area contributed by atoms with Crippen LogP contribution in [-0.2, 0) is 16.6 Å². The molecule has 14 nitrogen and oxygen atoms in total. The molecule has 0 bridgehead atoms. The lowest BCUT2D eigenvalue weighted by molar-refractivity contribution is -0.124. The summed E-state index contributed by atoms with van der Waals surface area (Å²) in [5, 5.41) is 6.79. The van der Waals surface area contributed by atoms with Gasteiger partial charge in [0.05, 0.1) is 16.6 Å². The Labute approximate surface area is 313 Å². The number of hydrogen-bond acceptors (Lipinski definition) is 9. The number of aldehydes is 1. The second-order valence-electron chi connectivity index (χ2n) is 15.1. The summed E-state index contributed by atoms with van der Waals surface area (Å²) in [5.41, 5.74) is 3.19. The third-order valence-electron chi connectivity index (χ3n) is 11.7. The summed E-state index contributed by atoms with van der Waals surface area (Å²) in [5.74, 6) is 8.99. The summed E-state index contributed by atoms with van der Waals surface area (Å²) in [4.78, 5) is 68.6. The summed E-state index contributed by atoms with van der Waals surface area (Å²) in [6.45, 7) is 1.90. The van der Waals surface area contributed by atoms with Gasteiger partial charge in [-0.3, -0.25) is 23.6 Å². The van der Waals surface area contributed by atoms with E-state index in [1.54, 1.807) is 36.8 Å². The Morgan fingerprint density at radius 1 is 1.15 bits per heavy atom. The number of likely N-dealkylation sites (N-methyl/N-ethyl adjacent to an activating group) is 1. The average Bonchev–Trinajstić information content (AvgIpc) is 3.73. The van der Waals surface area contributed by atoms with Gasteiger partial charge in [-0.2, -0.15) is 4.98 Å². The van der Waals surface area contributed by atoms with Gasteiger partial charge < -0.3 is 24.9 Å². The number of anilines is 1. The van der Waals surface area contributed by atoms with E-state index < -0.39 is 6.04 Å². The normalized spacial score (nSPS) is 22.8. The van der Waals surface area contributed by atoms with Crippen molar-refractivity contribution in [2.24, 2.45) is 29.8 Å². The molecule has 54 heavy (non-hydrogen) atoms. The highest BCUT2D eigenvalue weighted by Gasteiger charge is 2.55. The van der Waals surface area contributed by atoms with Crippen molar-refractivity contribution in [1.29, 1.82) is 0 Å². The molecule has 280 valence electrons. The van der Waals surface area contributed by atoms with Crippen LogP contribution in [0.1, 0.15) is 73.1 Å². The van der Waals surface area contributed by atoms with Crippen LogP contribution < -0.4 is 16.3 Å². The minimum atomic E-state index is -0.787. The Bertz CT molecular complexity index is 2320. The number of aryl methyl sites for hydroxylation is 1. The first kappa shape index (κ1) is 35.5. The number of carbonyl (C=O) groups is 3. The molecule has 1 saturated heterocycles. The maximum Gasteiger partial charge on any atom is 0.329 e. The second-order valence-corrected chi connectivity index (χ2v) is 15.1. The van der Waals surface area contributed by atoms with E-state index in [1.807, 2.05) is 30.5 Å². The molecule has 4 aliphatic rings. The standard InChI is InChI=1S/C40H46N10O4/c1-41-37(52)32(13-8-18-51)50-31-12-7-9-24(35(31)47(4)40(50)54)14-16-28-29-22-48(23-30(28)29)27-15-17-34(42-21-27)44-39-43-20-25-19-33(38(53)46(2)3)49(36(25)45-39)26-10-5-6-11-26/h7,9,12,17-21,26-30,32H,5-6,8,10-11,13,15,22-23H2,1-4H3,(H,41,52)(H,43,44,45). The molecule has 0 spiro atoms. The van der Waals surface area contributed by atoms with Gasteiger partial charge in [-0.25, -0.2) is 14.8 Å². The van der Waals surface area contributed by atoms with E-state index in [9.17, 15) is 19.2 Å². The molecule has 3 aromatic heterocycles. The maximum atomic E-state index is 13.4. The Morgan fingerprint density at radius 3 is 2.61 bits per heavy atom. The van der Waals surface area contributed by atoms with Gasteiger partial charge in [0.25, 0.3) is 5.91 Å². The van der Waals surface area contributed by atoms with Crippen LogP contribution in [0.5, 0.6) is 0 Å². The minimum absolute atomic E-state index is 0.0308. The molecule has 0 radical (unpaired) electrons. The fourth-order valence-corrected chi connectivity index (χ4v) is 8.76. The molecular weight excluding hydrogens is 685 g/mol. The lowest BCUT2D eigenvalue weighted by Gasteiger charge is -2.27. The number of amides is 2. The van der Waals surface area contributed by atoms with Crippen LogP contribution in [0.15, 0.2) is 52.1 Å². The van der Waals surface area contributed by atoms with Crippen molar-refractivity contribution in [2.75, 3.05) is 39.5 Å². The minimum Gasteiger partial charge on any atom is -0.357 e. The quantitative estimate of drug-likeness (QED) is 0.186. The first-order valence-corrected chi connectivity index (χ1v) is 18.9. The summed E-state index contributed by atoms with van der Waals surface area (Å²) in [6.07, 6.45) is 12.3. The molecule has 4 atom stereocenters. The summed E-state index contributed by atoms with van der Waals surface area (Å²) in [7, 11) is 6.78. The zero-order chi connectivity index (χ0) is 37.7. The van der Waals surface area contributed by atoms with Crippen molar-refractivity contribution >= 4 is 52.3 Å². The van der Waals surface area contributed by atoms with Crippen LogP contribution >= 0.6 is 0 Å². The van der Waals surface area contributed by atoms with Crippen molar-refractivity contribution in [2.45, 2.75) is 63.1 Å². The molecule has 2 aliphatic heterocycles. The van der Waals surface area contributed by atoms with E-state index in [0.29, 0.717) is 46.3 Å². The highest BCUT2D eigenvalue weighted by molar-refractivity contribution is 5.98. The van der Waals surface area contributed by atoms with Crippen LogP contribution in [0.3, 0.4) is 0 Å². The van der Waals surface area contributed by atoms with Crippen molar-refractivity contribution in [1.82, 2.24) is 38.8 Å². The second kappa shape index (κ2) is 14.4. The van der Waals surface area contributed by atoms with Gasteiger partial charge in [-0.05, 0) is 61.8 Å². The van der Waals surface area contributed by atoms with E-state index in [1.165, 1.54) is 11.6 Å².